The molecule has 0 saturated heterocycles. The number of nitrogens with zero attached hydrogens (tertiary/aromatic N) is 1. The highest BCUT2D eigenvalue weighted by Gasteiger charge is 1.67. The van der Waals surface area contributed by atoms with Crippen molar-refractivity contribution in [3.63, 3.8) is 0 Å². The van der Waals surface area contributed by atoms with Crippen molar-refractivity contribution in [1.82, 2.24) is 0 Å². The van der Waals surface area contributed by atoms with Gasteiger partial charge >= 0.3 is 0 Å². The molecule has 0 rings (SSSR count). The van der Waals surface area contributed by atoms with E-state index in [4.69, 9.17) is 0 Å². The first-order valence-electron chi connectivity index (χ1n) is 2.73. The Morgan fingerprint density at radius 3 is 2.67 bits per heavy atom. The van der Waals surface area contributed by atoms with Crippen LogP contribution in [0, 0.1) is 0 Å². The van der Waals surface area contributed by atoms with Gasteiger partial charge in [0.2, 0.25) is 0 Å². The van der Waals surface area contributed by atoms with E-state index in [1.165, 1.54) is 6.20 Å². The van der Waals surface area contributed by atoms with Crippen LogP contribution in [0.25, 0.3) is 0 Å². The molecule has 0 aromatic carbocycles. The van der Waals surface area contributed by atoms with Crippen molar-refractivity contribution in [3.8, 4) is 0 Å². The quantitative estimate of drug-likeness (QED) is 0.401. The number of hydrogen-bond acceptors (Lipinski definition) is 1. The van der Waals surface area contributed by atoms with E-state index in [2.05, 4.69) is 18.2 Å². The lowest BCUT2D eigenvalue weighted by Gasteiger charge is -1.78. The van der Waals surface area contributed by atoms with Crippen molar-refractivity contribution in [2.45, 2.75) is 6.92 Å². The van der Waals surface area contributed by atoms with Gasteiger partial charge < -0.3 is 0 Å². The molecule has 0 aliphatic carbocycles. The summed E-state index contributed by atoms with van der Waals surface area (Å²) in [5.41, 5.74) is 1.02. The molecule has 0 saturated carbocycles. The van der Waals surface area contributed by atoms with Gasteiger partial charge in [0.05, 0.1) is 0 Å². The standard InChI is InChI=1S/C8H11N/c1-4-9-7-5-6-8(2)3/h4-7H,1-2H2,3H3. The molecule has 1 heteroatoms. The second-order valence-corrected chi connectivity index (χ2v) is 1.69. The lowest BCUT2D eigenvalue weighted by Crippen LogP contribution is -1.63. The maximum Gasteiger partial charge on any atom is 0.0267 e. The first-order valence-corrected chi connectivity index (χ1v) is 2.73. The molecule has 0 N–H and O–H groups in total. The molecule has 0 aliphatic rings. The molecule has 1 nitrogen and oxygen atoms in total. The predicted molar refractivity (Wildman–Crippen MR) is 42.6 cm³/mol. The van der Waals surface area contributed by atoms with E-state index in [-0.39, 0.29) is 0 Å². The van der Waals surface area contributed by atoms with Crippen molar-refractivity contribution in [1.29, 1.82) is 0 Å². The number of aliphatic imine (C=N–C) groups is 1. The summed E-state index contributed by atoms with van der Waals surface area (Å²) in [6, 6.07) is 0. The summed E-state index contributed by atoms with van der Waals surface area (Å²) in [4.78, 5) is 3.75. The molecule has 0 atom stereocenters. The van der Waals surface area contributed by atoms with Crippen molar-refractivity contribution >= 4 is 6.21 Å². The zero-order valence-electron chi connectivity index (χ0n) is 5.67. The minimum absolute atomic E-state index is 1.02. The van der Waals surface area contributed by atoms with Gasteiger partial charge in [0.25, 0.3) is 0 Å². The second-order valence-electron chi connectivity index (χ2n) is 1.69. The summed E-state index contributed by atoms with van der Waals surface area (Å²) in [6.45, 7) is 9.03. The van der Waals surface area contributed by atoms with Crippen LogP contribution < -0.4 is 0 Å². The normalized spacial score (nSPS) is 10.8. The highest BCUT2D eigenvalue weighted by molar-refractivity contribution is 5.72. The van der Waals surface area contributed by atoms with Crippen molar-refractivity contribution < 1.29 is 0 Å². The van der Waals surface area contributed by atoms with Gasteiger partial charge in [-0.1, -0.05) is 24.8 Å². The molecule has 0 aromatic rings. The fourth-order valence-corrected chi connectivity index (χ4v) is 0.318. The van der Waals surface area contributed by atoms with Crippen LogP contribution in [0.15, 0.2) is 42.1 Å². The van der Waals surface area contributed by atoms with Gasteiger partial charge in [0, 0.05) is 12.4 Å². The highest BCUT2D eigenvalue weighted by Crippen LogP contribution is 1.85. The fraction of sp³-hybridized carbons (Fsp3) is 0.125. The summed E-state index contributed by atoms with van der Waals surface area (Å²) in [6.07, 6.45) is 6.86. The lowest BCUT2D eigenvalue weighted by molar-refractivity contribution is 1.56. The maximum absolute atomic E-state index is 3.75. The predicted octanol–water partition coefficient (Wildman–Crippen LogP) is 2.33. The molecule has 0 amide bonds. The molecule has 0 aromatic heterocycles. The van der Waals surface area contributed by atoms with Crippen LogP contribution in [0.4, 0.5) is 0 Å². The van der Waals surface area contributed by atoms with E-state index in [0.29, 0.717) is 0 Å². The summed E-state index contributed by atoms with van der Waals surface area (Å²) in [5, 5.41) is 0. The summed E-state index contributed by atoms with van der Waals surface area (Å²) in [5.74, 6) is 0. The Kier molecular flexibility index (Phi) is 4.41. The minimum Gasteiger partial charge on any atom is -0.265 e. The molecule has 0 spiro atoms. The Morgan fingerprint density at radius 2 is 2.22 bits per heavy atom. The van der Waals surface area contributed by atoms with Crippen LogP contribution in [0.3, 0.4) is 0 Å². The zero-order valence-corrected chi connectivity index (χ0v) is 5.67. The molecule has 9 heavy (non-hydrogen) atoms. The molecule has 48 valence electrons. The average molecular weight is 121 g/mol. The van der Waals surface area contributed by atoms with Gasteiger partial charge in [-0.15, -0.1) is 0 Å². The first-order chi connectivity index (χ1) is 4.27. The summed E-state index contributed by atoms with van der Waals surface area (Å²) >= 11 is 0. The molecule has 0 bridgehead atoms. The zero-order chi connectivity index (χ0) is 7.11. The van der Waals surface area contributed by atoms with E-state index in [0.717, 1.165) is 5.57 Å². The fourth-order valence-electron chi connectivity index (χ4n) is 0.318. The average Bonchev–Trinajstić information content (AvgIpc) is 1.80. The topological polar surface area (TPSA) is 12.4 Å². The van der Waals surface area contributed by atoms with Gasteiger partial charge in [-0.25, -0.2) is 0 Å². The molecule has 0 fully saturated rings. The summed E-state index contributed by atoms with van der Waals surface area (Å²) in [7, 11) is 0. The molecule has 0 heterocycles. The van der Waals surface area contributed by atoms with Crippen LogP contribution >= 0.6 is 0 Å². The number of rotatable bonds is 3. The van der Waals surface area contributed by atoms with Gasteiger partial charge in [0.1, 0.15) is 0 Å². The Balaban J connectivity index is 3.59. The molecular formula is C8H11N. The molecule has 0 unspecified atom stereocenters. The Hall–Kier alpha value is -1.11. The maximum atomic E-state index is 3.75. The van der Waals surface area contributed by atoms with Gasteiger partial charge in [0.15, 0.2) is 0 Å². The summed E-state index contributed by atoms with van der Waals surface area (Å²) < 4.78 is 0. The van der Waals surface area contributed by atoms with Crippen molar-refractivity contribution in [2.75, 3.05) is 0 Å². The van der Waals surface area contributed by atoms with Crippen molar-refractivity contribution in [2.24, 2.45) is 4.99 Å². The Morgan fingerprint density at radius 1 is 1.56 bits per heavy atom. The van der Waals surface area contributed by atoms with E-state index in [1.54, 1.807) is 6.21 Å². The van der Waals surface area contributed by atoms with Crippen LogP contribution in [0.5, 0.6) is 0 Å². The van der Waals surface area contributed by atoms with E-state index in [9.17, 15) is 0 Å². The van der Waals surface area contributed by atoms with Crippen molar-refractivity contribution in [3.05, 3.63) is 37.1 Å². The molecular weight excluding hydrogens is 110 g/mol. The van der Waals surface area contributed by atoms with Crippen LogP contribution in [0.1, 0.15) is 6.92 Å². The Bertz CT molecular complexity index is 152. The SMILES string of the molecule is C=CN=CC=CC(=C)C. The van der Waals surface area contributed by atoms with Gasteiger partial charge in [-0.3, -0.25) is 4.99 Å². The van der Waals surface area contributed by atoms with E-state index in [1.807, 2.05) is 19.1 Å². The number of allylic oxidation sites excluding steroid dienone is 3. The highest BCUT2D eigenvalue weighted by atomic mass is 14.6. The monoisotopic (exact) mass is 121 g/mol. The lowest BCUT2D eigenvalue weighted by atomic mass is 10.3. The number of hydrogen-bond donors (Lipinski definition) is 0. The van der Waals surface area contributed by atoms with Crippen LogP contribution in [-0.4, -0.2) is 6.21 Å². The third kappa shape index (κ3) is 6.89. The third-order valence-electron chi connectivity index (χ3n) is 0.658. The Labute approximate surface area is 56.1 Å². The first kappa shape index (κ1) is 7.89. The minimum atomic E-state index is 1.02. The molecule has 0 radical (unpaired) electrons. The van der Waals surface area contributed by atoms with Gasteiger partial charge in [-0.2, -0.15) is 0 Å². The molecule has 0 aliphatic heterocycles. The van der Waals surface area contributed by atoms with Crippen LogP contribution in [0.2, 0.25) is 0 Å². The van der Waals surface area contributed by atoms with E-state index >= 15 is 0 Å². The van der Waals surface area contributed by atoms with E-state index < -0.39 is 0 Å². The smallest absolute Gasteiger partial charge is 0.0267 e. The van der Waals surface area contributed by atoms with Crippen LogP contribution in [-0.2, 0) is 0 Å². The largest absolute Gasteiger partial charge is 0.265 e. The second kappa shape index (κ2) is 5.04. The third-order valence-corrected chi connectivity index (χ3v) is 0.658. The van der Waals surface area contributed by atoms with Gasteiger partial charge in [-0.05, 0) is 13.0 Å².